The number of ether oxygens (including phenoxy) is 1. The number of halogens is 1. The summed E-state index contributed by atoms with van der Waals surface area (Å²) in [4.78, 5) is 37.5. The maximum absolute atomic E-state index is 12.9. The van der Waals surface area contributed by atoms with Crippen LogP contribution in [-0.2, 0) is 9.53 Å². The standard InChI is InChI=1S/C23H18BrNO4/c24-19-13-7-12-18(14-19)23(28)25-15-20(26)29-22(17-10-5-2-6-11-17)21(27)16-8-3-1-4-9-16/h1-14,22H,15H2,(H,25,28). The number of amides is 1. The molecule has 29 heavy (non-hydrogen) atoms. The van der Waals surface area contributed by atoms with Crippen LogP contribution in [0.4, 0.5) is 0 Å². The number of Topliss-reactive ketones (excluding diaryl/α,β-unsaturated/α-hetero) is 1. The second-order valence-corrected chi connectivity index (χ2v) is 7.12. The number of hydrogen-bond donors (Lipinski definition) is 1. The molecule has 146 valence electrons. The molecule has 0 aliphatic heterocycles. The van der Waals surface area contributed by atoms with Crippen molar-refractivity contribution in [1.82, 2.24) is 5.32 Å². The lowest BCUT2D eigenvalue weighted by molar-refractivity contribution is -0.146. The number of esters is 1. The van der Waals surface area contributed by atoms with Gasteiger partial charge in [0.2, 0.25) is 5.78 Å². The van der Waals surface area contributed by atoms with Gasteiger partial charge in [-0.3, -0.25) is 14.4 Å². The van der Waals surface area contributed by atoms with E-state index in [4.69, 9.17) is 4.74 Å². The lowest BCUT2D eigenvalue weighted by atomic mass is 10.00. The van der Waals surface area contributed by atoms with E-state index in [-0.39, 0.29) is 12.3 Å². The molecule has 0 aromatic heterocycles. The van der Waals surface area contributed by atoms with Gasteiger partial charge >= 0.3 is 5.97 Å². The molecular formula is C23H18BrNO4. The molecule has 1 unspecified atom stereocenters. The van der Waals surface area contributed by atoms with Crippen LogP contribution in [0.25, 0.3) is 0 Å². The molecule has 1 amide bonds. The summed E-state index contributed by atoms with van der Waals surface area (Å²) < 4.78 is 6.21. The van der Waals surface area contributed by atoms with Gasteiger partial charge in [0, 0.05) is 21.2 Å². The fourth-order valence-corrected chi connectivity index (χ4v) is 3.11. The quantitative estimate of drug-likeness (QED) is 0.428. The summed E-state index contributed by atoms with van der Waals surface area (Å²) in [5, 5.41) is 2.52. The Morgan fingerprint density at radius 3 is 2.10 bits per heavy atom. The third-order valence-electron chi connectivity index (χ3n) is 4.13. The first kappa shape index (κ1) is 20.5. The van der Waals surface area contributed by atoms with E-state index < -0.39 is 18.0 Å². The maximum atomic E-state index is 12.9. The lowest BCUT2D eigenvalue weighted by Crippen LogP contribution is -2.32. The van der Waals surface area contributed by atoms with Crippen molar-refractivity contribution in [3.63, 3.8) is 0 Å². The Balaban J connectivity index is 1.70. The maximum Gasteiger partial charge on any atom is 0.326 e. The molecule has 0 fully saturated rings. The summed E-state index contributed by atoms with van der Waals surface area (Å²) in [6, 6.07) is 24.2. The molecule has 0 aliphatic carbocycles. The second kappa shape index (κ2) is 9.80. The van der Waals surface area contributed by atoms with Crippen molar-refractivity contribution in [2.45, 2.75) is 6.10 Å². The summed E-state index contributed by atoms with van der Waals surface area (Å²) >= 11 is 3.30. The third kappa shape index (κ3) is 5.62. The molecule has 3 aromatic rings. The SMILES string of the molecule is O=C(CNC(=O)c1cccc(Br)c1)OC(C(=O)c1ccccc1)c1ccccc1. The highest BCUT2D eigenvalue weighted by Gasteiger charge is 2.26. The number of hydrogen-bond acceptors (Lipinski definition) is 4. The van der Waals surface area contributed by atoms with E-state index >= 15 is 0 Å². The Morgan fingerprint density at radius 1 is 0.828 bits per heavy atom. The van der Waals surface area contributed by atoms with Crippen LogP contribution in [0.15, 0.2) is 89.4 Å². The fraction of sp³-hybridized carbons (Fsp3) is 0.0870. The predicted molar refractivity (Wildman–Crippen MR) is 113 cm³/mol. The number of ketones is 1. The normalized spacial score (nSPS) is 11.3. The first-order chi connectivity index (χ1) is 14.0. The minimum absolute atomic E-state index is 0.330. The molecule has 0 saturated heterocycles. The first-order valence-electron chi connectivity index (χ1n) is 8.92. The van der Waals surface area contributed by atoms with E-state index in [2.05, 4.69) is 21.2 Å². The third-order valence-corrected chi connectivity index (χ3v) is 4.62. The van der Waals surface area contributed by atoms with Crippen LogP contribution in [0.5, 0.6) is 0 Å². The van der Waals surface area contributed by atoms with Gasteiger partial charge in [0.05, 0.1) is 0 Å². The molecule has 5 nitrogen and oxygen atoms in total. The number of carbonyl (C=O) groups excluding carboxylic acids is 3. The zero-order chi connectivity index (χ0) is 20.6. The van der Waals surface area contributed by atoms with Crippen LogP contribution in [0.3, 0.4) is 0 Å². The van der Waals surface area contributed by atoms with Gasteiger partial charge in [-0.25, -0.2) is 0 Å². The van der Waals surface area contributed by atoms with E-state index in [0.717, 1.165) is 4.47 Å². The van der Waals surface area contributed by atoms with Crippen molar-refractivity contribution in [2.75, 3.05) is 6.54 Å². The van der Waals surface area contributed by atoms with Gasteiger partial charge in [0.25, 0.3) is 5.91 Å². The molecule has 6 heteroatoms. The molecule has 0 spiro atoms. The predicted octanol–water partition coefficient (Wildman–Crippen LogP) is 4.35. The summed E-state index contributed by atoms with van der Waals surface area (Å²) in [5.41, 5.74) is 1.41. The van der Waals surface area contributed by atoms with Gasteiger partial charge in [0.15, 0.2) is 6.10 Å². The van der Waals surface area contributed by atoms with Crippen LogP contribution < -0.4 is 5.32 Å². The van der Waals surface area contributed by atoms with Crippen molar-refractivity contribution in [3.8, 4) is 0 Å². The summed E-state index contributed by atoms with van der Waals surface area (Å²) in [7, 11) is 0. The smallest absolute Gasteiger partial charge is 0.326 e. The summed E-state index contributed by atoms with van der Waals surface area (Å²) in [6.45, 7) is -0.350. The fourth-order valence-electron chi connectivity index (χ4n) is 2.71. The van der Waals surface area contributed by atoms with Crippen molar-refractivity contribution >= 4 is 33.6 Å². The Labute approximate surface area is 176 Å². The van der Waals surface area contributed by atoms with Gasteiger partial charge in [-0.1, -0.05) is 82.7 Å². The lowest BCUT2D eigenvalue weighted by Gasteiger charge is -2.17. The van der Waals surface area contributed by atoms with E-state index in [1.807, 2.05) is 6.07 Å². The molecular weight excluding hydrogens is 434 g/mol. The average molecular weight is 452 g/mol. The van der Waals surface area contributed by atoms with Gasteiger partial charge < -0.3 is 10.1 Å². The van der Waals surface area contributed by atoms with Crippen molar-refractivity contribution < 1.29 is 19.1 Å². The topological polar surface area (TPSA) is 72.5 Å². The molecule has 0 radical (unpaired) electrons. The monoisotopic (exact) mass is 451 g/mol. The Bertz CT molecular complexity index is 1010. The van der Waals surface area contributed by atoms with E-state index in [1.54, 1.807) is 78.9 Å². The molecule has 3 aromatic carbocycles. The highest BCUT2D eigenvalue weighted by molar-refractivity contribution is 9.10. The van der Waals surface area contributed by atoms with Crippen LogP contribution in [-0.4, -0.2) is 24.2 Å². The van der Waals surface area contributed by atoms with Crippen molar-refractivity contribution in [1.29, 1.82) is 0 Å². The van der Waals surface area contributed by atoms with E-state index in [1.165, 1.54) is 0 Å². The number of rotatable bonds is 7. The first-order valence-corrected chi connectivity index (χ1v) is 9.71. The van der Waals surface area contributed by atoms with Crippen LogP contribution >= 0.6 is 15.9 Å². The van der Waals surface area contributed by atoms with Gasteiger partial charge in [-0.05, 0) is 18.2 Å². The minimum Gasteiger partial charge on any atom is -0.448 e. The van der Waals surface area contributed by atoms with Crippen LogP contribution in [0.1, 0.15) is 32.4 Å². The molecule has 0 saturated carbocycles. The molecule has 0 aliphatic rings. The van der Waals surface area contributed by atoms with E-state index in [0.29, 0.717) is 16.7 Å². The van der Waals surface area contributed by atoms with Crippen LogP contribution in [0.2, 0.25) is 0 Å². The second-order valence-electron chi connectivity index (χ2n) is 6.20. The zero-order valence-electron chi connectivity index (χ0n) is 15.4. The van der Waals surface area contributed by atoms with Crippen LogP contribution in [0, 0.1) is 0 Å². The van der Waals surface area contributed by atoms with Gasteiger partial charge in [-0.2, -0.15) is 0 Å². The minimum atomic E-state index is -1.09. The number of nitrogens with one attached hydrogen (secondary N) is 1. The highest BCUT2D eigenvalue weighted by atomic mass is 79.9. The zero-order valence-corrected chi connectivity index (χ0v) is 17.0. The summed E-state index contributed by atoms with van der Waals surface area (Å²) in [5.74, 6) is -1.44. The largest absolute Gasteiger partial charge is 0.448 e. The molecule has 0 heterocycles. The van der Waals surface area contributed by atoms with E-state index in [9.17, 15) is 14.4 Å². The van der Waals surface area contributed by atoms with Crippen molar-refractivity contribution in [2.24, 2.45) is 0 Å². The Hall–Kier alpha value is -3.25. The average Bonchev–Trinajstić information content (AvgIpc) is 2.76. The Morgan fingerprint density at radius 2 is 1.45 bits per heavy atom. The number of benzene rings is 3. The molecule has 1 atom stereocenters. The van der Waals surface area contributed by atoms with Crippen molar-refractivity contribution in [3.05, 3.63) is 106 Å². The Kier molecular flexibility index (Phi) is 6.92. The number of carbonyl (C=O) groups is 3. The summed E-state index contributed by atoms with van der Waals surface area (Å²) in [6.07, 6.45) is -1.09. The molecule has 0 bridgehead atoms. The molecule has 3 rings (SSSR count). The molecule has 1 N–H and O–H groups in total. The highest BCUT2D eigenvalue weighted by Crippen LogP contribution is 2.22. The van der Waals surface area contributed by atoms with Gasteiger partial charge in [0.1, 0.15) is 6.54 Å². The van der Waals surface area contributed by atoms with Gasteiger partial charge in [-0.15, -0.1) is 0 Å².